The minimum absolute atomic E-state index is 0.819. The Morgan fingerprint density at radius 2 is 2.57 bits per heavy atom. The average molecular weight is 92.1 g/mol. The summed E-state index contributed by atoms with van der Waals surface area (Å²) in [4.78, 5) is 0. The Hall–Kier alpha value is -0.260. The lowest BCUT2D eigenvalue weighted by atomic mass is 9.83. The van der Waals surface area contributed by atoms with Crippen LogP contribution in [0, 0.1) is 17.3 Å². The highest BCUT2D eigenvalue weighted by Crippen LogP contribution is 2.92. The van der Waals surface area contributed by atoms with Crippen LogP contribution in [0.15, 0.2) is 12.2 Å². The fourth-order valence-corrected chi connectivity index (χ4v) is 2.50. The van der Waals surface area contributed by atoms with Crippen LogP contribution >= 0.6 is 0 Å². The van der Waals surface area contributed by atoms with Gasteiger partial charge >= 0.3 is 0 Å². The van der Waals surface area contributed by atoms with E-state index in [-0.39, 0.29) is 0 Å². The van der Waals surface area contributed by atoms with Gasteiger partial charge in [0.1, 0.15) is 0 Å². The van der Waals surface area contributed by atoms with E-state index >= 15 is 0 Å². The lowest BCUT2D eigenvalue weighted by molar-refractivity contribution is 0.361. The summed E-state index contributed by atoms with van der Waals surface area (Å²) >= 11 is 0. The molecule has 3 aliphatic carbocycles. The molecule has 1 spiro atoms. The van der Waals surface area contributed by atoms with Crippen LogP contribution in [0.1, 0.15) is 12.8 Å². The normalized spacial score (nSPS) is 70.6. The lowest BCUT2D eigenvalue weighted by Crippen LogP contribution is -2.11. The molecular weight excluding hydrogens is 84.1 g/mol. The highest BCUT2D eigenvalue weighted by Gasteiger charge is 2.86. The Bertz CT molecular complexity index is 169. The molecule has 0 nitrogen and oxygen atoms in total. The first-order valence-electron chi connectivity index (χ1n) is 3.06. The predicted octanol–water partition coefficient (Wildman–Crippen LogP) is 1.58. The van der Waals surface area contributed by atoms with Crippen molar-refractivity contribution in [3.05, 3.63) is 12.2 Å². The highest BCUT2D eigenvalue weighted by molar-refractivity contribution is 5.56. The summed E-state index contributed by atoms with van der Waals surface area (Å²) in [5, 5.41) is 0. The third-order valence-corrected chi connectivity index (χ3v) is 3.27. The third kappa shape index (κ3) is 0.104. The zero-order valence-corrected chi connectivity index (χ0v) is 4.28. The quantitative estimate of drug-likeness (QED) is 0.398. The van der Waals surface area contributed by atoms with E-state index in [1.54, 1.807) is 5.57 Å². The Balaban J connectivity index is 2.18. The Labute approximate surface area is 43.2 Å². The smallest absolute Gasteiger partial charge is 0.00153 e. The highest BCUT2D eigenvalue weighted by atomic mass is 14.9. The van der Waals surface area contributed by atoms with Gasteiger partial charge in [0.05, 0.1) is 0 Å². The van der Waals surface area contributed by atoms with Gasteiger partial charge < -0.3 is 0 Å². The van der Waals surface area contributed by atoms with Gasteiger partial charge in [0.25, 0.3) is 0 Å². The molecule has 3 unspecified atom stereocenters. The van der Waals surface area contributed by atoms with E-state index in [0.29, 0.717) is 0 Å². The number of hydrogen-bond acceptors (Lipinski definition) is 0. The van der Waals surface area contributed by atoms with E-state index in [2.05, 4.69) is 6.58 Å². The Morgan fingerprint density at radius 1 is 1.71 bits per heavy atom. The SMILES string of the molecule is C=C1C2C3CCC132. The van der Waals surface area contributed by atoms with Gasteiger partial charge in [0.15, 0.2) is 0 Å². The minimum atomic E-state index is 0.819. The third-order valence-electron chi connectivity index (χ3n) is 3.27. The summed E-state index contributed by atoms with van der Waals surface area (Å²) in [5.41, 5.74) is 2.41. The first-order valence-corrected chi connectivity index (χ1v) is 3.06. The molecule has 0 N–H and O–H groups in total. The molecule has 0 saturated heterocycles. The standard InChI is InChI=1S/C7H8/c1-4-6-5-2-3-7(4,5)6/h5-6H,1-3H2. The van der Waals surface area contributed by atoms with Gasteiger partial charge in [-0.05, 0) is 24.7 Å². The zero-order chi connectivity index (χ0) is 4.65. The van der Waals surface area contributed by atoms with Crippen LogP contribution in [-0.4, -0.2) is 0 Å². The molecule has 0 aliphatic heterocycles. The summed E-state index contributed by atoms with van der Waals surface area (Å²) in [7, 11) is 0. The molecular formula is C7H8. The first-order chi connectivity index (χ1) is 3.37. The van der Waals surface area contributed by atoms with Crippen molar-refractivity contribution in [1.82, 2.24) is 0 Å². The van der Waals surface area contributed by atoms with Gasteiger partial charge in [-0.25, -0.2) is 0 Å². The molecule has 0 aromatic rings. The summed E-state index contributed by atoms with van der Waals surface area (Å²) in [6.45, 7) is 3.97. The van der Waals surface area contributed by atoms with Gasteiger partial charge in [-0.15, -0.1) is 0 Å². The molecule has 0 heteroatoms. The van der Waals surface area contributed by atoms with Gasteiger partial charge in [-0.1, -0.05) is 12.2 Å². The molecule has 0 heterocycles. The average Bonchev–Trinajstić information content (AvgIpc) is 2.27. The molecule has 0 bridgehead atoms. The van der Waals surface area contributed by atoms with Crippen LogP contribution in [0.5, 0.6) is 0 Å². The maximum atomic E-state index is 3.97. The molecule has 3 rings (SSSR count). The van der Waals surface area contributed by atoms with Crippen LogP contribution in [0.25, 0.3) is 0 Å². The summed E-state index contributed by atoms with van der Waals surface area (Å²) in [6.07, 6.45) is 3.00. The summed E-state index contributed by atoms with van der Waals surface area (Å²) in [5.74, 6) is 2.20. The van der Waals surface area contributed by atoms with E-state index in [1.807, 2.05) is 0 Å². The van der Waals surface area contributed by atoms with E-state index < -0.39 is 0 Å². The summed E-state index contributed by atoms with van der Waals surface area (Å²) in [6, 6.07) is 0. The van der Waals surface area contributed by atoms with Gasteiger partial charge in [0.2, 0.25) is 0 Å². The van der Waals surface area contributed by atoms with Crippen LogP contribution < -0.4 is 0 Å². The molecule has 7 heavy (non-hydrogen) atoms. The fourth-order valence-electron chi connectivity index (χ4n) is 2.50. The van der Waals surface area contributed by atoms with Crippen molar-refractivity contribution in [2.24, 2.45) is 17.3 Å². The van der Waals surface area contributed by atoms with Crippen LogP contribution in [-0.2, 0) is 0 Å². The summed E-state index contributed by atoms with van der Waals surface area (Å²) < 4.78 is 0. The van der Waals surface area contributed by atoms with Crippen molar-refractivity contribution >= 4 is 0 Å². The first kappa shape index (κ1) is 2.91. The molecule has 3 saturated carbocycles. The number of rotatable bonds is 0. The lowest BCUT2D eigenvalue weighted by Gasteiger charge is -2.21. The second-order valence-electron chi connectivity index (χ2n) is 3.19. The van der Waals surface area contributed by atoms with Crippen LogP contribution in [0.2, 0.25) is 0 Å². The number of allylic oxidation sites excluding steroid dienone is 1. The maximum absolute atomic E-state index is 3.97. The molecule has 36 valence electrons. The molecule has 3 atom stereocenters. The van der Waals surface area contributed by atoms with E-state index in [1.165, 1.54) is 12.8 Å². The Morgan fingerprint density at radius 3 is 2.57 bits per heavy atom. The Kier molecular flexibility index (Phi) is 0.191. The van der Waals surface area contributed by atoms with E-state index in [9.17, 15) is 0 Å². The minimum Gasteiger partial charge on any atom is -0.0989 e. The monoisotopic (exact) mass is 92.1 g/mol. The zero-order valence-electron chi connectivity index (χ0n) is 4.28. The van der Waals surface area contributed by atoms with Gasteiger partial charge in [-0.2, -0.15) is 0 Å². The van der Waals surface area contributed by atoms with E-state index in [4.69, 9.17) is 0 Å². The molecule has 0 aromatic carbocycles. The maximum Gasteiger partial charge on any atom is 0.00153 e. The van der Waals surface area contributed by atoms with Crippen molar-refractivity contribution in [1.29, 1.82) is 0 Å². The molecule has 0 aromatic heterocycles. The fraction of sp³-hybridized carbons (Fsp3) is 0.714. The second kappa shape index (κ2) is 0.460. The van der Waals surface area contributed by atoms with Crippen molar-refractivity contribution < 1.29 is 0 Å². The number of hydrogen-bond donors (Lipinski definition) is 0. The second-order valence-corrected chi connectivity index (χ2v) is 3.19. The van der Waals surface area contributed by atoms with E-state index in [0.717, 1.165) is 17.3 Å². The van der Waals surface area contributed by atoms with Crippen LogP contribution in [0.3, 0.4) is 0 Å². The molecule has 0 radical (unpaired) electrons. The largest absolute Gasteiger partial charge is 0.0989 e. The van der Waals surface area contributed by atoms with Crippen molar-refractivity contribution in [3.63, 3.8) is 0 Å². The van der Waals surface area contributed by atoms with Crippen molar-refractivity contribution in [2.75, 3.05) is 0 Å². The molecule has 0 amide bonds. The van der Waals surface area contributed by atoms with Gasteiger partial charge in [0, 0.05) is 5.41 Å². The molecule has 3 aliphatic rings. The van der Waals surface area contributed by atoms with Crippen LogP contribution in [0.4, 0.5) is 0 Å². The molecule has 3 fully saturated rings. The van der Waals surface area contributed by atoms with Crippen molar-refractivity contribution in [2.45, 2.75) is 12.8 Å². The predicted molar refractivity (Wildman–Crippen MR) is 27.8 cm³/mol. The topological polar surface area (TPSA) is 0 Å². The van der Waals surface area contributed by atoms with Crippen molar-refractivity contribution in [3.8, 4) is 0 Å². The number of fused-ring (bicyclic) bond motifs is 1. The van der Waals surface area contributed by atoms with Gasteiger partial charge in [-0.3, -0.25) is 0 Å².